The first-order valence-electron chi connectivity index (χ1n) is 9.51. The van der Waals surface area contributed by atoms with Crippen LogP contribution in [0.25, 0.3) is 0 Å². The number of nitrogens with two attached hydrogens (primary N) is 1. The summed E-state index contributed by atoms with van der Waals surface area (Å²) in [6, 6.07) is 0. The highest BCUT2D eigenvalue weighted by Gasteiger charge is 2.13. The van der Waals surface area contributed by atoms with Crippen LogP contribution in [0, 0.1) is 5.92 Å². The van der Waals surface area contributed by atoms with Crippen LogP contribution in [-0.2, 0) is 4.79 Å². The van der Waals surface area contributed by atoms with Crippen LogP contribution < -0.4 is 5.73 Å². The Labute approximate surface area is 133 Å². The fraction of sp³-hybridized carbons (Fsp3) is 0.947. The third kappa shape index (κ3) is 14.2. The molecule has 1 unspecified atom stereocenters. The van der Waals surface area contributed by atoms with E-state index in [2.05, 4.69) is 13.8 Å². The first kappa shape index (κ1) is 20.5. The molecule has 0 aliphatic rings. The topological polar surface area (TPSA) is 43.1 Å². The van der Waals surface area contributed by atoms with Gasteiger partial charge in [0.1, 0.15) is 0 Å². The van der Waals surface area contributed by atoms with Crippen LogP contribution in [0.4, 0.5) is 0 Å². The Morgan fingerprint density at radius 2 is 1.05 bits per heavy atom. The molecule has 126 valence electrons. The Kier molecular flexibility index (Phi) is 15.5. The summed E-state index contributed by atoms with van der Waals surface area (Å²) in [5.74, 6) is 0.0408. The van der Waals surface area contributed by atoms with Crippen molar-refractivity contribution in [1.29, 1.82) is 0 Å². The van der Waals surface area contributed by atoms with Gasteiger partial charge < -0.3 is 5.73 Å². The second-order valence-corrected chi connectivity index (χ2v) is 6.57. The Morgan fingerprint density at radius 1 is 0.667 bits per heavy atom. The molecule has 1 atom stereocenters. The van der Waals surface area contributed by atoms with Gasteiger partial charge in [-0.1, -0.05) is 97.3 Å². The zero-order chi connectivity index (χ0) is 15.8. The normalized spacial score (nSPS) is 12.5. The van der Waals surface area contributed by atoms with Crippen molar-refractivity contribution in [3.63, 3.8) is 0 Å². The molecule has 0 bridgehead atoms. The number of hydrogen-bond acceptors (Lipinski definition) is 1. The van der Waals surface area contributed by atoms with E-state index in [4.69, 9.17) is 5.73 Å². The maximum atomic E-state index is 11.3. The third-order valence-corrected chi connectivity index (χ3v) is 4.46. The van der Waals surface area contributed by atoms with Crippen LogP contribution >= 0.6 is 0 Å². The zero-order valence-corrected chi connectivity index (χ0v) is 14.7. The maximum Gasteiger partial charge on any atom is 0.220 e. The van der Waals surface area contributed by atoms with Crippen LogP contribution in [0.1, 0.15) is 110 Å². The highest BCUT2D eigenvalue weighted by molar-refractivity contribution is 5.76. The molecular weight excluding hydrogens is 258 g/mol. The zero-order valence-electron chi connectivity index (χ0n) is 14.7. The highest BCUT2D eigenvalue weighted by Crippen LogP contribution is 2.18. The van der Waals surface area contributed by atoms with Crippen LogP contribution in [0.3, 0.4) is 0 Å². The molecule has 0 fully saturated rings. The van der Waals surface area contributed by atoms with Gasteiger partial charge >= 0.3 is 0 Å². The summed E-state index contributed by atoms with van der Waals surface area (Å²) in [5, 5.41) is 0. The van der Waals surface area contributed by atoms with Gasteiger partial charge in [-0.25, -0.2) is 0 Å². The summed E-state index contributed by atoms with van der Waals surface area (Å²) in [5.41, 5.74) is 5.47. The second-order valence-electron chi connectivity index (χ2n) is 6.57. The van der Waals surface area contributed by atoms with Crippen molar-refractivity contribution in [1.82, 2.24) is 0 Å². The molecule has 2 N–H and O–H groups in total. The lowest BCUT2D eigenvalue weighted by Gasteiger charge is -2.12. The maximum absolute atomic E-state index is 11.3. The largest absolute Gasteiger partial charge is 0.369 e. The minimum Gasteiger partial charge on any atom is -0.369 e. The standard InChI is InChI=1S/C19H39NO/c1-3-5-7-8-9-10-11-12-13-14-15-17-18(19(20)21)16-6-4-2/h18H,3-17H2,1-2H3,(H2,20,21). The summed E-state index contributed by atoms with van der Waals surface area (Å²) in [4.78, 5) is 11.3. The molecule has 2 heteroatoms. The number of rotatable bonds is 16. The Hall–Kier alpha value is -0.530. The molecule has 0 aromatic rings. The Morgan fingerprint density at radius 3 is 1.48 bits per heavy atom. The number of unbranched alkanes of at least 4 members (excludes halogenated alkanes) is 11. The van der Waals surface area contributed by atoms with E-state index in [1.165, 1.54) is 70.6 Å². The van der Waals surface area contributed by atoms with Gasteiger partial charge in [-0.05, 0) is 12.8 Å². The number of hydrogen-bond donors (Lipinski definition) is 1. The number of carbonyl (C=O) groups excluding carboxylic acids is 1. The van der Waals surface area contributed by atoms with E-state index in [9.17, 15) is 4.79 Å². The molecule has 21 heavy (non-hydrogen) atoms. The molecule has 0 aliphatic carbocycles. The van der Waals surface area contributed by atoms with Crippen LogP contribution in [-0.4, -0.2) is 5.91 Å². The van der Waals surface area contributed by atoms with Gasteiger partial charge in [-0.3, -0.25) is 4.79 Å². The van der Waals surface area contributed by atoms with Crippen molar-refractivity contribution in [3.8, 4) is 0 Å². The quantitative estimate of drug-likeness (QED) is 0.350. The first-order chi connectivity index (χ1) is 10.2. The summed E-state index contributed by atoms with van der Waals surface area (Å²) in [7, 11) is 0. The molecule has 0 aromatic carbocycles. The van der Waals surface area contributed by atoms with E-state index >= 15 is 0 Å². The number of primary amides is 1. The molecule has 2 nitrogen and oxygen atoms in total. The lowest BCUT2D eigenvalue weighted by atomic mass is 9.94. The Bertz CT molecular complexity index is 228. The summed E-state index contributed by atoms with van der Waals surface area (Å²) in [6.07, 6.45) is 19.2. The predicted molar refractivity (Wildman–Crippen MR) is 93.3 cm³/mol. The molecule has 0 heterocycles. The molecule has 0 aromatic heterocycles. The van der Waals surface area contributed by atoms with Gasteiger partial charge in [0.05, 0.1) is 0 Å². The lowest BCUT2D eigenvalue weighted by molar-refractivity contribution is -0.122. The predicted octanol–water partition coefficient (Wildman–Crippen LogP) is 5.98. The summed E-state index contributed by atoms with van der Waals surface area (Å²) in [6.45, 7) is 4.44. The fourth-order valence-corrected chi connectivity index (χ4v) is 2.93. The van der Waals surface area contributed by atoms with Crippen molar-refractivity contribution >= 4 is 5.91 Å². The highest BCUT2D eigenvalue weighted by atomic mass is 16.1. The van der Waals surface area contributed by atoms with E-state index in [1.807, 2.05) is 0 Å². The minimum absolute atomic E-state index is 0.0875. The van der Waals surface area contributed by atoms with E-state index in [-0.39, 0.29) is 11.8 Å². The molecular formula is C19H39NO. The minimum atomic E-state index is -0.0875. The third-order valence-electron chi connectivity index (χ3n) is 4.46. The monoisotopic (exact) mass is 297 g/mol. The van der Waals surface area contributed by atoms with E-state index in [0.29, 0.717) is 0 Å². The van der Waals surface area contributed by atoms with Gasteiger partial charge in [0.25, 0.3) is 0 Å². The SMILES string of the molecule is CCCCCCCCCCCCCC(CCCC)C(N)=O. The number of carbonyl (C=O) groups is 1. The molecule has 0 saturated carbocycles. The van der Waals surface area contributed by atoms with Crippen LogP contribution in [0.15, 0.2) is 0 Å². The van der Waals surface area contributed by atoms with Crippen LogP contribution in [0.2, 0.25) is 0 Å². The van der Waals surface area contributed by atoms with Crippen molar-refractivity contribution in [2.75, 3.05) is 0 Å². The molecule has 0 aliphatic heterocycles. The molecule has 0 saturated heterocycles. The fourth-order valence-electron chi connectivity index (χ4n) is 2.93. The smallest absolute Gasteiger partial charge is 0.220 e. The first-order valence-corrected chi connectivity index (χ1v) is 9.51. The summed E-state index contributed by atoms with van der Waals surface area (Å²) < 4.78 is 0. The van der Waals surface area contributed by atoms with Gasteiger partial charge in [0, 0.05) is 5.92 Å². The lowest BCUT2D eigenvalue weighted by Crippen LogP contribution is -2.23. The second kappa shape index (κ2) is 15.9. The summed E-state index contributed by atoms with van der Waals surface area (Å²) >= 11 is 0. The molecule has 0 rings (SSSR count). The van der Waals surface area contributed by atoms with Gasteiger partial charge in [-0.15, -0.1) is 0 Å². The Balaban J connectivity index is 3.31. The van der Waals surface area contributed by atoms with Crippen molar-refractivity contribution in [2.24, 2.45) is 11.7 Å². The average molecular weight is 298 g/mol. The van der Waals surface area contributed by atoms with E-state index in [1.54, 1.807) is 0 Å². The average Bonchev–Trinajstić information content (AvgIpc) is 2.47. The molecule has 0 spiro atoms. The van der Waals surface area contributed by atoms with Crippen LogP contribution in [0.5, 0.6) is 0 Å². The van der Waals surface area contributed by atoms with Gasteiger partial charge in [0.15, 0.2) is 0 Å². The van der Waals surface area contributed by atoms with Gasteiger partial charge in [0.2, 0.25) is 5.91 Å². The van der Waals surface area contributed by atoms with Crippen molar-refractivity contribution in [2.45, 2.75) is 110 Å². The molecule has 0 radical (unpaired) electrons. The molecule has 1 amide bonds. The van der Waals surface area contributed by atoms with E-state index in [0.717, 1.165) is 25.7 Å². The van der Waals surface area contributed by atoms with Crippen molar-refractivity contribution in [3.05, 3.63) is 0 Å². The number of amides is 1. The van der Waals surface area contributed by atoms with Gasteiger partial charge in [-0.2, -0.15) is 0 Å². The van der Waals surface area contributed by atoms with E-state index < -0.39 is 0 Å². The van der Waals surface area contributed by atoms with Crippen molar-refractivity contribution < 1.29 is 4.79 Å².